The van der Waals surface area contributed by atoms with Gasteiger partial charge in [0.2, 0.25) is 0 Å². The molecule has 1 saturated heterocycles. The second-order valence-corrected chi connectivity index (χ2v) is 6.20. The van der Waals surface area contributed by atoms with Gasteiger partial charge in [0, 0.05) is 18.8 Å². The summed E-state index contributed by atoms with van der Waals surface area (Å²) in [5, 5.41) is 8.09. The van der Waals surface area contributed by atoms with Crippen LogP contribution in [0.25, 0.3) is 5.65 Å². The van der Waals surface area contributed by atoms with Gasteiger partial charge in [-0.15, -0.1) is 0 Å². The molecule has 0 aromatic carbocycles. The Balaban J connectivity index is 1.71. The lowest BCUT2D eigenvalue weighted by atomic mass is 9.97. The van der Waals surface area contributed by atoms with E-state index in [2.05, 4.69) is 15.2 Å². The van der Waals surface area contributed by atoms with Crippen molar-refractivity contribution in [2.24, 2.45) is 0 Å². The molecule has 7 nitrogen and oxygen atoms in total. The Morgan fingerprint density at radius 2 is 2.17 bits per heavy atom. The van der Waals surface area contributed by atoms with Gasteiger partial charge >= 0.3 is 0 Å². The van der Waals surface area contributed by atoms with Gasteiger partial charge in [0.25, 0.3) is 5.91 Å². The number of carbonyl (C=O) groups is 1. The standard InChI is InChI=1S/C17H19N5O2/c1-11-16(12(2)24-20-11)17(23)21-9-4-3-5-14(21)13-7-10-22-15(19-13)6-8-18-22/h6-8,10,14H,3-5,9H2,1-2H3/t14-/m1/s1. The fourth-order valence-electron chi connectivity index (χ4n) is 3.43. The largest absolute Gasteiger partial charge is 0.361 e. The van der Waals surface area contributed by atoms with E-state index in [9.17, 15) is 4.79 Å². The van der Waals surface area contributed by atoms with Crippen LogP contribution in [0.15, 0.2) is 29.0 Å². The van der Waals surface area contributed by atoms with Crippen molar-refractivity contribution in [1.82, 2.24) is 24.7 Å². The minimum Gasteiger partial charge on any atom is -0.361 e. The monoisotopic (exact) mass is 325 g/mol. The normalized spacial score (nSPS) is 18.2. The van der Waals surface area contributed by atoms with E-state index in [-0.39, 0.29) is 11.9 Å². The SMILES string of the molecule is Cc1noc(C)c1C(=O)N1CCCC[C@@H]1c1ccn2nccc2n1. The lowest BCUT2D eigenvalue weighted by molar-refractivity contribution is 0.0603. The minimum atomic E-state index is -0.0279. The maximum absolute atomic E-state index is 13.1. The molecule has 0 bridgehead atoms. The lowest BCUT2D eigenvalue weighted by Crippen LogP contribution is -2.39. The zero-order valence-electron chi connectivity index (χ0n) is 13.8. The molecular formula is C17H19N5O2. The van der Waals surface area contributed by atoms with E-state index in [0.29, 0.717) is 17.0 Å². The fourth-order valence-corrected chi connectivity index (χ4v) is 3.43. The Labute approximate surface area is 139 Å². The van der Waals surface area contributed by atoms with Crippen molar-refractivity contribution < 1.29 is 9.32 Å². The first-order valence-electron chi connectivity index (χ1n) is 8.19. The van der Waals surface area contributed by atoms with Crippen LogP contribution in [0.4, 0.5) is 0 Å². The summed E-state index contributed by atoms with van der Waals surface area (Å²) in [5.74, 6) is 0.548. The van der Waals surface area contributed by atoms with Crippen molar-refractivity contribution in [3.05, 3.63) is 47.2 Å². The second kappa shape index (κ2) is 5.74. The molecule has 0 aliphatic carbocycles. The summed E-state index contributed by atoms with van der Waals surface area (Å²) in [4.78, 5) is 19.7. The van der Waals surface area contributed by atoms with Crippen LogP contribution >= 0.6 is 0 Å². The zero-order chi connectivity index (χ0) is 16.7. The number of hydrogen-bond acceptors (Lipinski definition) is 5. The predicted octanol–water partition coefficient (Wildman–Crippen LogP) is 2.70. The highest BCUT2D eigenvalue weighted by atomic mass is 16.5. The summed E-state index contributed by atoms with van der Waals surface area (Å²) < 4.78 is 6.90. The first kappa shape index (κ1) is 14.9. The molecule has 24 heavy (non-hydrogen) atoms. The van der Waals surface area contributed by atoms with Crippen LogP contribution in [0.1, 0.15) is 52.8 Å². The van der Waals surface area contributed by atoms with E-state index in [4.69, 9.17) is 4.52 Å². The van der Waals surface area contributed by atoms with Crippen LogP contribution in [0, 0.1) is 13.8 Å². The first-order valence-corrected chi connectivity index (χ1v) is 8.19. The van der Waals surface area contributed by atoms with Crippen molar-refractivity contribution >= 4 is 11.6 Å². The van der Waals surface area contributed by atoms with E-state index in [1.165, 1.54) is 0 Å². The quantitative estimate of drug-likeness (QED) is 0.724. The third-order valence-electron chi connectivity index (χ3n) is 4.63. The number of likely N-dealkylation sites (tertiary alicyclic amines) is 1. The van der Waals surface area contributed by atoms with Gasteiger partial charge in [0.05, 0.1) is 23.6 Å². The summed E-state index contributed by atoms with van der Waals surface area (Å²) in [5.41, 5.74) is 2.92. The zero-order valence-corrected chi connectivity index (χ0v) is 13.8. The van der Waals surface area contributed by atoms with Gasteiger partial charge in [-0.25, -0.2) is 9.50 Å². The molecule has 1 aliphatic rings. The number of nitrogens with zero attached hydrogens (tertiary/aromatic N) is 5. The summed E-state index contributed by atoms with van der Waals surface area (Å²) >= 11 is 0. The summed E-state index contributed by atoms with van der Waals surface area (Å²) in [7, 11) is 0. The number of rotatable bonds is 2. The van der Waals surface area contributed by atoms with Crippen LogP contribution < -0.4 is 0 Å². The van der Waals surface area contributed by atoms with E-state index in [1.54, 1.807) is 24.6 Å². The Bertz CT molecular complexity index is 878. The molecule has 0 spiro atoms. The molecule has 0 N–H and O–H groups in total. The lowest BCUT2D eigenvalue weighted by Gasteiger charge is -2.35. The van der Waals surface area contributed by atoms with Crippen molar-refractivity contribution in [3.63, 3.8) is 0 Å². The maximum atomic E-state index is 13.1. The molecule has 3 aromatic heterocycles. The van der Waals surface area contributed by atoms with Crippen molar-refractivity contribution in [2.45, 2.75) is 39.2 Å². The average molecular weight is 325 g/mol. The van der Waals surface area contributed by atoms with Gasteiger partial charge < -0.3 is 9.42 Å². The number of aromatic nitrogens is 4. The highest BCUT2D eigenvalue weighted by Crippen LogP contribution is 2.32. The molecule has 0 radical (unpaired) electrons. The molecule has 7 heteroatoms. The highest BCUT2D eigenvalue weighted by Gasteiger charge is 2.32. The fraction of sp³-hybridized carbons (Fsp3) is 0.412. The minimum absolute atomic E-state index is 0.0221. The van der Waals surface area contributed by atoms with Crippen LogP contribution in [0.5, 0.6) is 0 Å². The summed E-state index contributed by atoms with van der Waals surface area (Å²) in [6.45, 7) is 4.31. The van der Waals surface area contributed by atoms with Gasteiger partial charge in [-0.3, -0.25) is 4.79 Å². The van der Waals surface area contributed by atoms with Gasteiger partial charge in [0.1, 0.15) is 11.3 Å². The van der Waals surface area contributed by atoms with Gasteiger partial charge in [-0.1, -0.05) is 5.16 Å². The molecule has 4 heterocycles. The van der Waals surface area contributed by atoms with Gasteiger partial charge in [0.15, 0.2) is 5.65 Å². The van der Waals surface area contributed by atoms with Crippen molar-refractivity contribution in [1.29, 1.82) is 0 Å². The second-order valence-electron chi connectivity index (χ2n) is 6.20. The van der Waals surface area contributed by atoms with Gasteiger partial charge in [-0.05, 0) is 39.2 Å². The Kier molecular flexibility index (Phi) is 3.55. The molecule has 1 fully saturated rings. The van der Waals surface area contributed by atoms with Crippen molar-refractivity contribution in [2.75, 3.05) is 6.54 Å². The topological polar surface area (TPSA) is 76.5 Å². The molecule has 1 atom stereocenters. The molecule has 124 valence electrons. The van der Waals surface area contributed by atoms with Crippen LogP contribution in [-0.2, 0) is 0 Å². The Morgan fingerprint density at radius 3 is 2.96 bits per heavy atom. The molecule has 4 rings (SSSR count). The first-order chi connectivity index (χ1) is 11.6. The number of hydrogen-bond donors (Lipinski definition) is 0. The molecule has 0 unspecified atom stereocenters. The highest BCUT2D eigenvalue weighted by molar-refractivity contribution is 5.96. The average Bonchev–Trinajstić information content (AvgIpc) is 3.20. The van der Waals surface area contributed by atoms with E-state index in [0.717, 1.165) is 37.1 Å². The third-order valence-corrected chi connectivity index (χ3v) is 4.63. The van der Waals surface area contributed by atoms with Crippen molar-refractivity contribution in [3.8, 4) is 0 Å². The summed E-state index contributed by atoms with van der Waals surface area (Å²) in [6, 6.07) is 3.79. The van der Waals surface area contributed by atoms with Crippen LogP contribution in [0.2, 0.25) is 0 Å². The molecular weight excluding hydrogens is 306 g/mol. The Hall–Kier alpha value is -2.70. The predicted molar refractivity (Wildman–Crippen MR) is 86.6 cm³/mol. The third kappa shape index (κ3) is 2.36. The van der Waals surface area contributed by atoms with Crippen LogP contribution in [0.3, 0.4) is 0 Å². The maximum Gasteiger partial charge on any atom is 0.259 e. The summed E-state index contributed by atoms with van der Waals surface area (Å²) in [6.07, 6.45) is 6.61. The number of carbonyl (C=O) groups excluding carboxylic acids is 1. The number of piperidine rings is 1. The van der Waals surface area contributed by atoms with Gasteiger partial charge in [-0.2, -0.15) is 5.10 Å². The van der Waals surface area contributed by atoms with Crippen LogP contribution in [-0.4, -0.2) is 37.1 Å². The van der Waals surface area contributed by atoms with E-state index >= 15 is 0 Å². The van der Waals surface area contributed by atoms with E-state index in [1.807, 2.05) is 23.2 Å². The smallest absolute Gasteiger partial charge is 0.259 e. The Morgan fingerprint density at radius 1 is 1.29 bits per heavy atom. The molecule has 1 aliphatic heterocycles. The molecule has 1 amide bonds. The number of fused-ring (bicyclic) bond motifs is 1. The number of aryl methyl sites for hydroxylation is 2. The number of amides is 1. The van der Waals surface area contributed by atoms with E-state index < -0.39 is 0 Å². The molecule has 0 saturated carbocycles. The molecule has 3 aromatic rings.